The number of hydrogen-bond donors (Lipinski definition) is 1. The predicted molar refractivity (Wildman–Crippen MR) is 129 cm³/mol. The van der Waals surface area contributed by atoms with Crippen LogP contribution in [0.3, 0.4) is 0 Å². The lowest BCUT2D eigenvalue weighted by Crippen LogP contribution is -2.50. The highest BCUT2D eigenvalue weighted by Gasteiger charge is 2.29. The van der Waals surface area contributed by atoms with E-state index in [4.69, 9.17) is 11.6 Å². The molecule has 2 aromatic carbocycles. The van der Waals surface area contributed by atoms with E-state index in [1.54, 1.807) is 23.2 Å². The molecule has 1 aliphatic rings. The van der Waals surface area contributed by atoms with Gasteiger partial charge in [-0.25, -0.2) is 4.98 Å². The van der Waals surface area contributed by atoms with Crippen molar-refractivity contribution in [1.29, 1.82) is 5.26 Å². The zero-order valence-corrected chi connectivity index (χ0v) is 18.8. The summed E-state index contributed by atoms with van der Waals surface area (Å²) in [4.78, 5) is 21.1. The van der Waals surface area contributed by atoms with Gasteiger partial charge in [0.15, 0.2) is 5.15 Å². The summed E-state index contributed by atoms with van der Waals surface area (Å²) in [5.74, 6) is -0.291. The van der Waals surface area contributed by atoms with Gasteiger partial charge in [-0.05, 0) is 23.3 Å². The van der Waals surface area contributed by atoms with Crippen LogP contribution in [0.15, 0.2) is 90.8 Å². The number of carbonyl (C=O) groups excluding carboxylic acids is 1. The number of hydrogen-bond acceptors (Lipinski definition) is 5. The Morgan fingerprint density at radius 2 is 1.58 bits per heavy atom. The smallest absolute Gasteiger partial charge is 0.266 e. The molecular formula is C26H24ClN5O. The molecule has 1 saturated heterocycles. The van der Waals surface area contributed by atoms with Gasteiger partial charge in [-0.1, -0.05) is 72.3 Å². The van der Waals surface area contributed by atoms with Gasteiger partial charge in [0.2, 0.25) is 0 Å². The van der Waals surface area contributed by atoms with Gasteiger partial charge in [-0.3, -0.25) is 9.69 Å². The Labute approximate surface area is 198 Å². The zero-order chi connectivity index (χ0) is 23.0. The van der Waals surface area contributed by atoms with Gasteiger partial charge in [0.05, 0.1) is 11.7 Å². The molecule has 0 saturated carbocycles. The number of nitrogens with one attached hydrogen (secondary N) is 1. The quantitative estimate of drug-likeness (QED) is 0.335. The number of halogens is 1. The van der Waals surface area contributed by atoms with Crippen molar-refractivity contribution in [2.75, 3.05) is 31.5 Å². The van der Waals surface area contributed by atoms with E-state index >= 15 is 0 Å². The predicted octanol–water partition coefficient (Wildman–Crippen LogP) is 4.49. The number of benzene rings is 2. The third-order valence-corrected chi connectivity index (χ3v) is 5.98. The van der Waals surface area contributed by atoms with Gasteiger partial charge >= 0.3 is 0 Å². The molecule has 1 aliphatic heterocycles. The summed E-state index contributed by atoms with van der Waals surface area (Å²) >= 11 is 6.04. The summed E-state index contributed by atoms with van der Waals surface area (Å²) in [7, 11) is 0. The number of nitriles is 1. The number of amides is 1. The molecule has 7 heteroatoms. The third kappa shape index (κ3) is 5.40. The SMILES string of the molecule is N#C/C(=C/Nc1cccnc1Cl)C(=O)N1CCN(C(c2ccccc2)c2ccccc2)CC1. The van der Waals surface area contributed by atoms with E-state index in [9.17, 15) is 10.1 Å². The van der Waals surface area contributed by atoms with Crippen LogP contribution in [0.4, 0.5) is 5.69 Å². The average molecular weight is 458 g/mol. The number of rotatable bonds is 6. The molecule has 0 atom stereocenters. The second-order valence-corrected chi connectivity index (χ2v) is 8.07. The van der Waals surface area contributed by atoms with E-state index in [1.807, 2.05) is 18.2 Å². The molecule has 166 valence electrons. The summed E-state index contributed by atoms with van der Waals surface area (Å²) in [6.45, 7) is 2.50. The Balaban J connectivity index is 1.45. The monoisotopic (exact) mass is 457 g/mol. The number of anilines is 1. The van der Waals surface area contributed by atoms with Crippen LogP contribution in [0.5, 0.6) is 0 Å². The number of aromatic nitrogens is 1. The van der Waals surface area contributed by atoms with Crippen LogP contribution in [0.25, 0.3) is 0 Å². The molecule has 0 radical (unpaired) electrons. The fourth-order valence-electron chi connectivity index (χ4n) is 4.02. The first kappa shape index (κ1) is 22.5. The summed E-state index contributed by atoms with van der Waals surface area (Å²) in [6, 6.07) is 26.4. The van der Waals surface area contributed by atoms with Crippen LogP contribution < -0.4 is 5.32 Å². The Kier molecular flexibility index (Phi) is 7.36. The van der Waals surface area contributed by atoms with Crippen molar-refractivity contribution in [1.82, 2.24) is 14.8 Å². The molecule has 2 heterocycles. The van der Waals surface area contributed by atoms with Gasteiger partial charge in [0, 0.05) is 38.6 Å². The Hall–Kier alpha value is -3.66. The topological polar surface area (TPSA) is 72.3 Å². The van der Waals surface area contributed by atoms with Gasteiger partial charge < -0.3 is 10.2 Å². The summed E-state index contributed by atoms with van der Waals surface area (Å²) < 4.78 is 0. The first-order valence-corrected chi connectivity index (χ1v) is 11.2. The largest absolute Gasteiger partial charge is 0.358 e. The summed E-state index contributed by atoms with van der Waals surface area (Å²) in [6.07, 6.45) is 2.97. The summed E-state index contributed by atoms with van der Waals surface area (Å²) in [5.41, 5.74) is 3.02. The second-order valence-electron chi connectivity index (χ2n) is 7.71. The minimum atomic E-state index is -0.291. The number of piperazine rings is 1. The molecule has 1 amide bonds. The second kappa shape index (κ2) is 10.8. The fourth-order valence-corrected chi connectivity index (χ4v) is 4.20. The first-order chi connectivity index (χ1) is 16.2. The maximum absolute atomic E-state index is 13.0. The molecule has 4 rings (SSSR count). The van der Waals surface area contributed by atoms with Crippen molar-refractivity contribution >= 4 is 23.2 Å². The van der Waals surface area contributed by atoms with Crippen molar-refractivity contribution in [3.05, 3.63) is 107 Å². The third-order valence-electron chi connectivity index (χ3n) is 5.68. The highest BCUT2D eigenvalue weighted by atomic mass is 35.5. The molecule has 1 aromatic heterocycles. The Morgan fingerprint density at radius 3 is 2.12 bits per heavy atom. The number of pyridine rings is 1. The first-order valence-electron chi connectivity index (χ1n) is 10.8. The van der Waals surface area contributed by atoms with Crippen LogP contribution in [0, 0.1) is 11.3 Å². The molecule has 1 N–H and O–H groups in total. The fraction of sp³-hybridized carbons (Fsp3) is 0.192. The highest BCUT2D eigenvalue weighted by molar-refractivity contribution is 6.32. The van der Waals surface area contributed by atoms with E-state index in [0.717, 1.165) is 0 Å². The maximum Gasteiger partial charge on any atom is 0.266 e. The van der Waals surface area contributed by atoms with E-state index < -0.39 is 0 Å². The molecular weight excluding hydrogens is 434 g/mol. The van der Waals surface area contributed by atoms with Crippen molar-refractivity contribution in [2.45, 2.75) is 6.04 Å². The number of nitrogens with zero attached hydrogens (tertiary/aromatic N) is 4. The Bertz CT molecular complexity index is 1110. The van der Waals surface area contributed by atoms with Crippen LogP contribution >= 0.6 is 11.6 Å². The average Bonchev–Trinajstić information content (AvgIpc) is 2.87. The van der Waals surface area contributed by atoms with Crippen molar-refractivity contribution in [3.8, 4) is 6.07 Å². The van der Waals surface area contributed by atoms with Gasteiger partial charge in [-0.15, -0.1) is 0 Å². The van der Waals surface area contributed by atoms with E-state index in [0.29, 0.717) is 31.9 Å². The zero-order valence-electron chi connectivity index (χ0n) is 18.1. The lowest BCUT2D eigenvalue weighted by Gasteiger charge is -2.39. The van der Waals surface area contributed by atoms with Crippen molar-refractivity contribution < 1.29 is 4.79 Å². The minimum absolute atomic E-state index is 0.0334. The molecule has 1 fully saturated rings. The lowest BCUT2D eigenvalue weighted by molar-refractivity contribution is -0.128. The van der Waals surface area contributed by atoms with Crippen molar-refractivity contribution in [3.63, 3.8) is 0 Å². The summed E-state index contributed by atoms with van der Waals surface area (Å²) in [5, 5.41) is 12.7. The normalized spacial score (nSPS) is 14.7. The standard InChI is InChI=1S/C26H24ClN5O/c27-25-23(12-7-13-29-25)30-19-22(18-28)26(33)32-16-14-31(15-17-32)24(20-8-3-1-4-9-20)21-10-5-2-6-11-21/h1-13,19,24,30H,14-17H2/b22-19-. The molecule has 6 nitrogen and oxygen atoms in total. The molecule has 0 spiro atoms. The van der Waals surface area contributed by atoms with E-state index in [1.165, 1.54) is 17.3 Å². The van der Waals surface area contributed by atoms with Gasteiger partial charge in [-0.2, -0.15) is 5.26 Å². The maximum atomic E-state index is 13.0. The molecule has 33 heavy (non-hydrogen) atoms. The molecule has 0 aliphatic carbocycles. The van der Waals surface area contributed by atoms with E-state index in [2.05, 4.69) is 63.7 Å². The van der Waals surface area contributed by atoms with Crippen molar-refractivity contribution in [2.24, 2.45) is 0 Å². The van der Waals surface area contributed by atoms with Gasteiger partial charge in [0.25, 0.3) is 5.91 Å². The van der Waals surface area contributed by atoms with Gasteiger partial charge in [0.1, 0.15) is 11.6 Å². The van der Waals surface area contributed by atoms with E-state index in [-0.39, 0.29) is 22.7 Å². The molecule has 3 aromatic rings. The highest BCUT2D eigenvalue weighted by Crippen LogP contribution is 2.29. The molecule has 0 bridgehead atoms. The van der Waals surface area contributed by atoms with Crippen LogP contribution in [0.1, 0.15) is 17.2 Å². The number of carbonyl (C=O) groups is 1. The van der Waals surface area contributed by atoms with Crippen LogP contribution in [-0.4, -0.2) is 46.9 Å². The van der Waals surface area contributed by atoms with Crippen LogP contribution in [-0.2, 0) is 4.79 Å². The lowest BCUT2D eigenvalue weighted by atomic mass is 9.96. The molecule has 0 unspecified atom stereocenters. The minimum Gasteiger partial charge on any atom is -0.358 e. The van der Waals surface area contributed by atoms with Crippen LogP contribution in [0.2, 0.25) is 5.15 Å². The Morgan fingerprint density at radius 1 is 0.970 bits per heavy atom.